The van der Waals surface area contributed by atoms with Crippen LogP contribution >= 0.6 is 12.4 Å². The lowest BCUT2D eigenvalue weighted by atomic mass is 9.84. The third-order valence-electron chi connectivity index (χ3n) is 4.37. The highest BCUT2D eigenvalue weighted by Crippen LogP contribution is 2.26. The van der Waals surface area contributed by atoms with Crippen LogP contribution in [0.15, 0.2) is 0 Å². The van der Waals surface area contributed by atoms with Crippen molar-refractivity contribution >= 4 is 18.3 Å². The first kappa shape index (κ1) is 15.8. The van der Waals surface area contributed by atoms with Gasteiger partial charge in [-0.25, -0.2) is 0 Å². The Balaban J connectivity index is 0.00000162. The molecule has 2 fully saturated rings. The molecule has 3 atom stereocenters. The zero-order valence-electron chi connectivity index (χ0n) is 11.4. The van der Waals surface area contributed by atoms with Crippen LogP contribution in [-0.4, -0.2) is 25.0 Å². The molecule has 1 saturated carbocycles. The van der Waals surface area contributed by atoms with Crippen LogP contribution in [0, 0.1) is 11.8 Å². The second kappa shape index (κ2) is 8.00. The summed E-state index contributed by atoms with van der Waals surface area (Å²) in [7, 11) is 0. The molecule has 1 aliphatic heterocycles. The number of hydrogen-bond acceptors (Lipinski definition) is 2. The van der Waals surface area contributed by atoms with Crippen LogP contribution in [0.2, 0.25) is 0 Å². The van der Waals surface area contributed by atoms with Gasteiger partial charge in [0.2, 0.25) is 5.91 Å². The fraction of sp³-hybridized carbons (Fsp3) is 0.929. The Morgan fingerprint density at radius 2 is 2.11 bits per heavy atom. The van der Waals surface area contributed by atoms with Crippen molar-refractivity contribution in [2.24, 2.45) is 11.8 Å². The first-order valence-electron chi connectivity index (χ1n) is 7.30. The minimum Gasteiger partial charge on any atom is -0.353 e. The fourth-order valence-corrected chi connectivity index (χ4v) is 3.19. The molecule has 1 saturated heterocycles. The highest BCUT2D eigenvalue weighted by atomic mass is 35.5. The van der Waals surface area contributed by atoms with Crippen LogP contribution in [0.4, 0.5) is 0 Å². The Hall–Kier alpha value is -0.280. The monoisotopic (exact) mass is 274 g/mol. The van der Waals surface area contributed by atoms with Crippen LogP contribution in [0.1, 0.15) is 51.9 Å². The van der Waals surface area contributed by atoms with Crippen molar-refractivity contribution < 1.29 is 4.79 Å². The molecule has 0 spiro atoms. The van der Waals surface area contributed by atoms with Crippen LogP contribution in [-0.2, 0) is 4.79 Å². The average Bonchev–Trinajstić information content (AvgIpc) is 2.40. The molecule has 1 aliphatic carbocycles. The molecule has 0 aromatic heterocycles. The third-order valence-corrected chi connectivity index (χ3v) is 4.37. The first-order chi connectivity index (χ1) is 8.29. The maximum Gasteiger partial charge on any atom is 0.224 e. The summed E-state index contributed by atoms with van der Waals surface area (Å²) in [6.45, 7) is 4.21. The van der Waals surface area contributed by atoms with Gasteiger partial charge in [-0.2, -0.15) is 0 Å². The summed E-state index contributed by atoms with van der Waals surface area (Å²) in [4.78, 5) is 12.1. The van der Waals surface area contributed by atoms with Gasteiger partial charge >= 0.3 is 0 Å². The van der Waals surface area contributed by atoms with Gasteiger partial charge in [-0.05, 0) is 38.1 Å². The Labute approximate surface area is 117 Å². The van der Waals surface area contributed by atoms with Crippen LogP contribution in [0.5, 0.6) is 0 Å². The number of rotatable bonds is 3. The van der Waals surface area contributed by atoms with Crippen molar-refractivity contribution in [1.82, 2.24) is 10.6 Å². The van der Waals surface area contributed by atoms with Crippen molar-refractivity contribution in [2.45, 2.75) is 57.9 Å². The molecule has 1 heterocycles. The molecule has 0 aromatic carbocycles. The van der Waals surface area contributed by atoms with Crippen LogP contribution < -0.4 is 10.6 Å². The quantitative estimate of drug-likeness (QED) is 0.830. The van der Waals surface area contributed by atoms with E-state index in [2.05, 4.69) is 17.6 Å². The SMILES string of the molecule is CCC1CCCC(NC(=O)C2CCCNC2)C1.Cl. The Kier molecular flexibility index (Phi) is 7.02. The van der Waals surface area contributed by atoms with Gasteiger partial charge in [0.15, 0.2) is 0 Å². The molecule has 3 unspecified atom stereocenters. The summed E-state index contributed by atoms with van der Waals surface area (Å²) in [5.74, 6) is 1.34. The minimum absolute atomic E-state index is 0. The van der Waals surface area contributed by atoms with E-state index in [0.717, 1.165) is 31.8 Å². The van der Waals surface area contributed by atoms with Crippen molar-refractivity contribution in [3.63, 3.8) is 0 Å². The van der Waals surface area contributed by atoms with Gasteiger partial charge in [-0.1, -0.05) is 26.2 Å². The normalized spacial score (nSPS) is 32.4. The van der Waals surface area contributed by atoms with E-state index in [-0.39, 0.29) is 18.3 Å². The topological polar surface area (TPSA) is 41.1 Å². The van der Waals surface area contributed by atoms with Gasteiger partial charge in [-0.3, -0.25) is 4.79 Å². The summed E-state index contributed by atoms with van der Waals surface area (Å²) < 4.78 is 0. The van der Waals surface area contributed by atoms with Gasteiger partial charge in [0, 0.05) is 12.6 Å². The van der Waals surface area contributed by atoms with E-state index in [0.29, 0.717) is 11.9 Å². The van der Waals surface area contributed by atoms with Gasteiger partial charge in [-0.15, -0.1) is 12.4 Å². The number of carbonyl (C=O) groups is 1. The fourth-order valence-electron chi connectivity index (χ4n) is 3.19. The standard InChI is InChI=1S/C14H26N2O.ClH/c1-2-11-5-3-7-13(9-11)16-14(17)12-6-4-8-15-10-12;/h11-13,15H,2-10H2,1H3,(H,16,17);1H. The number of hydrogen-bond donors (Lipinski definition) is 2. The van der Waals surface area contributed by atoms with Gasteiger partial charge in [0.1, 0.15) is 0 Å². The number of piperidine rings is 1. The highest BCUT2D eigenvalue weighted by molar-refractivity contribution is 5.85. The summed E-state index contributed by atoms with van der Waals surface area (Å²) in [6, 6.07) is 0.447. The van der Waals surface area contributed by atoms with Crippen molar-refractivity contribution in [2.75, 3.05) is 13.1 Å². The molecule has 4 heteroatoms. The lowest BCUT2D eigenvalue weighted by Crippen LogP contribution is -2.45. The maximum atomic E-state index is 12.1. The second-order valence-electron chi connectivity index (χ2n) is 5.69. The molecule has 0 radical (unpaired) electrons. The Bertz CT molecular complexity index is 254. The maximum absolute atomic E-state index is 12.1. The van der Waals surface area contributed by atoms with Crippen molar-refractivity contribution in [1.29, 1.82) is 0 Å². The summed E-state index contributed by atoms with van der Waals surface area (Å²) >= 11 is 0. The van der Waals surface area contributed by atoms with E-state index in [1.165, 1.54) is 32.1 Å². The van der Waals surface area contributed by atoms with E-state index in [1.807, 2.05) is 0 Å². The lowest BCUT2D eigenvalue weighted by Gasteiger charge is -2.31. The molecule has 18 heavy (non-hydrogen) atoms. The summed E-state index contributed by atoms with van der Waals surface area (Å²) in [5.41, 5.74) is 0. The summed E-state index contributed by atoms with van der Waals surface area (Å²) in [6.07, 6.45) is 8.48. The molecule has 1 amide bonds. The smallest absolute Gasteiger partial charge is 0.224 e. The molecule has 2 N–H and O–H groups in total. The molecular formula is C14H27ClN2O. The molecule has 0 bridgehead atoms. The molecule has 106 valence electrons. The Morgan fingerprint density at radius 3 is 2.78 bits per heavy atom. The number of nitrogens with one attached hydrogen (secondary N) is 2. The average molecular weight is 275 g/mol. The zero-order valence-corrected chi connectivity index (χ0v) is 12.2. The summed E-state index contributed by atoms with van der Waals surface area (Å²) in [5, 5.41) is 6.59. The van der Waals surface area contributed by atoms with Crippen molar-refractivity contribution in [3.05, 3.63) is 0 Å². The zero-order chi connectivity index (χ0) is 12.1. The molecule has 0 aromatic rings. The molecular weight excluding hydrogens is 248 g/mol. The van der Waals surface area contributed by atoms with E-state index >= 15 is 0 Å². The number of halogens is 1. The van der Waals surface area contributed by atoms with Crippen molar-refractivity contribution in [3.8, 4) is 0 Å². The predicted molar refractivity (Wildman–Crippen MR) is 77.0 cm³/mol. The largest absolute Gasteiger partial charge is 0.353 e. The molecule has 2 aliphatic rings. The lowest BCUT2D eigenvalue weighted by molar-refractivity contribution is -0.126. The van der Waals surface area contributed by atoms with Gasteiger partial charge in [0.05, 0.1) is 5.92 Å². The predicted octanol–water partition coefficient (Wildman–Crippen LogP) is 2.49. The van der Waals surface area contributed by atoms with E-state index < -0.39 is 0 Å². The van der Waals surface area contributed by atoms with Crippen LogP contribution in [0.25, 0.3) is 0 Å². The first-order valence-corrected chi connectivity index (χ1v) is 7.30. The van der Waals surface area contributed by atoms with Gasteiger partial charge < -0.3 is 10.6 Å². The Morgan fingerprint density at radius 1 is 1.28 bits per heavy atom. The second-order valence-corrected chi connectivity index (χ2v) is 5.69. The molecule has 2 rings (SSSR count). The highest BCUT2D eigenvalue weighted by Gasteiger charge is 2.26. The van der Waals surface area contributed by atoms with E-state index in [9.17, 15) is 4.79 Å². The van der Waals surface area contributed by atoms with Crippen LogP contribution in [0.3, 0.4) is 0 Å². The van der Waals surface area contributed by atoms with E-state index in [4.69, 9.17) is 0 Å². The van der Waals surface area contributed by atoms with E-state index in [1.54, 1.807) is 0 Å². The third kappa shape index (κ3) is 4.43. The number of amides is 1. The van der Waals surface area contributed by atoms with Gasteiger partial charge in [0.25, 0.3) is 0 Å². The minimum atomic E-state index is 0. The molecule has 3 nitrogen and oxygen atoms in total. The number of carbonyl (C=O) groups excluding carboxylic acids is 1.